The Morgan fingerprint density at radius 2 is 1.97 bits per heavy atom. The Kier molecular flexibility index (Phi) is 6.55. The largest absolute Gasteiger partial charge is 0.342 e. The number of imidazole rings is 1. The van der Waals surface area contributed by atoms with Gasteiger partial charge in [0, 0.05) is 37.7 Å². The van der Waals surface area contributed by atoms with E-state index in [0.29, 0.717) is 31.7 Å². The van der Waals surface area contributed by atoms with Gasteiger partial charge in [0.1, 0.15) is 10.7 Å². The molecule has 0 radical (unpaired) electrons. The third kappa shape index (κ3) is 4.27. The summed E-state index contributed by atoms with van der Waals surface area (Å²) in [6, 6.07) is 12.4. The molecule has 170 valence electrons. The summed E-state index contributed by atoms with van der Waals surface area (Å²) < 4.78 is 27.3. The highest BCUT2D eigenvalue weighted by Crippen LogP contribution is 2.30. The molecular formula is C23H27ClN4O3S. The van der Waals surface area contributed by atoms with Crippen molar-refractivity contribution in [1.82, 2.24) is 19.2 Å². The van der Waals surface area contributed by atoms with E-state index in [1.807, 2.05) is 24.3 Å². The van der Waals surface area contributed by atoms with Crippen molar-refractivity contribution in [3.05, 3.63) is 58.9 Å². The third-order valence-electron chi connectivity index (χ3n) is 6.00. The molecule has 0 bridgehead atoms. The number of sulfonamides is 1. The second kappa shape index (κ2) is 9.21. The number of hydrogen-bond donors (Lipinski definition) is 1. The van der Waals surface area contributed by atoms with Crippen molar-refractivity contribution in [2.24, 2.45) is 0 Å². The molecule has 2 heterocycles. The van der Waals surface area contributed by atoms with E-state index < -0.39 is 10.0 Å². The minimum atomic E-state index is -3.77. The van der Waals surface area contributed by atoms with Crippen molar-refractivity contribution < 1.29 is 13.2 Å². The summed E-state index contributed by atoms with van der Waals surface area (Å²) in [6.07, 6.45) is 1.79. The summed E-state index contributed by atoms with van der Waals surface area (Å²) in [7, 11) is -3.77. The minimum Gasteiger partial charge on any atom is -0.342 e. The molecule has 1 atom stereocenters. The number of likely N-dealkylation sites (tertiary alicyclic amines) is 1. The molecule has 2 aromatic carbocycles. The number of nitrogens with zero attached hydrogens (tertiary/aromatic N) is 3. The number of carbonyl (C=O) groups excluding carboxylic acids is 1. The van der Waals surface area contributed by atoms with Gasteiger partial charge in [0.2, 0.25) is 10.0 Å². The number of rotatable bonds is 6. The summed E-state index contributed by atoms with van der Waals surface area (Å²) in [5.41, 5.74) is 2.22. The van der Waals surface area contributed by atoms with Gasteiger partial charge in [-0.3, -0.25) is 4.79 Å². The number of halogens is 1. The fraction of sp³-hybridized carbons (Fsp3) is 0.391. The normalized spacial score (nSPS) is 17.2. The van der Waals surface area contributed by atoms with Crippen LogP contribution in [0.4, 0.5) is 0 Å². The van der Waals surface area contributed by atoms with E-state index in [4.69, 9.17) is 16.6 Å². The van der Waals surface area contributed by atoms with Crippen LogP contribution in [0.2, 0.25) is 5.02 Å². The molecule has 0 aliphatic carbocycles. The number of H-pyrrole nitrogens is 1. The summed E-state index contributed by atoms with van der Waals surface area (Å²) in [5.74, 6) is 0.786. The number of hydrogen-bond acceptors (Lipinski definition) is 4. The number of carbonyl (C=O) groups is 1. The van der Waals surface area contributed by atoms with Crippen LogP contribution in [-0.4, -0.2) is 59.7 Å². The first-order chi connectivity index (χ1) is 15.3. The van der Waals surface area contributed by atoms with Gasteiger partial charge >= 0.3 is 0 Å². The van der Waals surface area contributed by atoms with Crippen LogP contribution in [0.3, 0.4) is 0 Å². The topological polar surface area (TPSA) is 86.4 Å². The predicted octanol–water partition coefficient (Wildman–Crippen LogP) is 4.27. The molecule has 1 saturated heterocycles. The Balaban J connectivity index is 1.59. The Labute approximate surface area is 193 Å². The average molecular weight is 475 g/mol. The van der Waals surface area contributed by atoms with Crippen molar-refractivity contribution in [3.8, 4) is 0 Å². The van der Waals surface area contributed by atoms with Crippen LogP contribution in [0, 0.1) is 0 Å². The van der Waals surface area contributed by atoms with Gasteiger partial charge in [-0.25, -0.2) is 13.4 Å². The minimum absolute atomic E-state index is 0.0282. The van der Waals surface area contributed by atoms with Crippen molar-refractivity contribution in [3.63, 3.8) is 0 Å². The molecule has 1 aliphatic rings. The number of nitrogens with one attached hydrogen (secondary N) is 1. The highest BCUT2D eigenvalue weighted by molar-refractivity contribution is 7.89. The smallest absolute Gasteiger partial charge is 0.253 e. The second-order valence-corrected chi connectivity index (χ2v) is 10.3. The molecular weight excluding hydrogens is 448 g/mol. The molecule has 4 rings (SSSR count). The first-order valence-electron chi connectivity index (χ1n) is 10.9. The van der Waals surface area contributed by atoms with Gasteiger partial charge in [-0.15, -0.1) is 0 Å². The lowest BCUT2D eigenvalue weighted by molar-refractivity contribution is 0.0704. The van der Waals surface area contributed by atoms with E-state index >= 15 is 0 Å². The van der Waals surface area contributed by atoms with E-state index in [1.54, 1.807) is 24.8 Å². The van der Waals surface area contributed by atoms with Crippen LogP contribution < -0.4 is 0 Å². The number of amides is 1. The number of para-hydroxylation sites is 2. The maximum absolute atomic E-state index is 13.3. The average Bonchev–Trinajstić information content (AvgIpc) is 3.24. The molecule has 1 fully saturated rings. The Bertz CT molecular complexity index is 1200. The first-order valence-corrected chi connectivity index (χ1v) is 12.7. The lowest BCUT2D eigenvalue weighted by Gasteiger charge is -2.32. The number of aromatic nitrogens is 2. The molecule has 7 nitrogen and oxygen atoms in total. The van der Waals surface area contributed by atoms with Crippen LogP contribution in [-0.2, 0) is 10.0 Å². The van der Waals surface area contributed by atoms with Crippen LogP contribution in [0.5, 0.6) is 0 Å². The van der Waals surface area contributed by atoms with E-state index in [9.17, 15) is 13.2 Å². The molecule has 1 N–H and O–H groups in total. The molecule has 1 aromatic heterocycles. The zero-order valence-electron chi connectivity index (χ0n) is 18.2. The Morgan fingerprint density at radius 1 is 1.22 bits per heavy atom. The monoisotopic (exact) mass is 474 g/mol. The van der Waals surface area contributed by atoms with Gasteiger partial charge in [-0.2, -0.15) is 4.31 Å². The summed E-state index contributed by atoms with van der Waals surface area (Å²) in [4.78, 5) is 23.1. The summed E-state index contributed by atoms with van der Waals surface area (Å²) in [5, 5.41) is 0.118. The molecule has 1 amide bonds. The zero-order valence-corrected chi connectivity index (χ0v) is 19.8. The number of piperidine rings is 1. The van der Waals surface area contributed by atoms with Gasteiger partial charge < -0.3 is 9.88 Å². The maximum atomic E-state index is 13.3. The first kappa shape index (κ1) is 22.8. The number of benzene rings is 2. The number of aromatic amines is 1. The third-order valence-corrected chi connectivity index (χ3v) is 8.54. The van der Waals surface area contributed by atoms with Crippen molar-refractivity contribution in [2.45, 2.75) is 37.5 Å². The van der Waals surface area contributed by atoms with Gasteiger partial charge in [0.25, 0.3) is 5.91 Å². The van der Waals surface area contributed by atoms with Crippen LogP contribution in [0.15, 0.2) is 47.4 Å². The Hall–Kier alpha value is -2.42. The molecule has 9 heteroatoms. The second-order valence-electron chi connectivity index (χ2n) is 7.96. The van der Waals surface area contributed by atoms with E-state index in [-0.39, 0.29) is 21.7 Å². The predicted molar refractivity (Wildman–Crippen MR) is 126 cm³/mol. The fourth-order valence-corrected chi connectivity index (χ4v) is 6.23. The van der Waals surface area contributed by atoms with Gasteiger partial charge in [-0.1, -0.05) is 37.6 Å². The molecule has 0 saturated carbocycles. The van der Waals surface area contributed by atoms with Crippen LogP contribution in [0.1, 0.15) is 48.8 Å². The fourth-order valence-electron chi connectivity index (χ4n) is 4.27. The molecule has 32 heavy (non-hydrogen) atoms. The standard InChI is InChI=1S/C23H27ClN4O3S/c1-3-28(4-2)32(30,31)21-14-16(11-12-18(21)24)23(29)27-13-7-8-17(15-27)22-25-19-9-5-6-10-20(19)26-22/h5-6,9-12,14,17H,3-4,7-8,13,15H2,1-2H3,(H,25,26)/t17-/m0/s1. The maximum Gasteiger partial charge on any atom is 0.253 e. The number of fused-ring (bicyclic) bond motifs is 1. The Morgan fingerprint density at radius 3 is 2.69 bits per heavy atom. The van der Waals surface area contributed by atoms with Crippen LogP contribution in [0.25, 0.3) is 11.0 Å². The molecule has 1 aliphatic heterocycles. The lowest BCUT2D eigenvalue weighted by Crippen LogP contribution is -2.39. The summed E-state index contributed by atoms with van der Waals surface area (Å²) in [6.45, 7) is 5.36. The van der Waals surface area contributed by atoms with Crippen molar-refractivity contribution in [2.75, 3.05) is 26.2 Å². The summed E-state index contributed by atoms with van der Waals surface area (Å²) >= 11 is 6.23. The lowest BCUT2D eigenvalue weighted by atomic mass is 9.96. The van der Waals surface area contributed by atoms with Gasteiger partial charge in [-0.05, 0) is 43.2 Å². The van der Waals surface area contributed by atoms with Gasteiger partial charge in [0.05, 0.1) is 16.1 Å². The molecule has 0 spiro atoms. The van der Waals surface area contributed by atoms with E-state index in [0.717, 1.165) is 29.7 Å². The highest BCUT2D eigenvalue weighted by Gasteiger charge is 2.30. The quantitative estimate of drug-likeness (QED) is 0.578. The molecule has 0 unspecified atom stereocenters. The van der Waals surface area contributed by atoms with E-state index in [2.05, 4.69) is 4.98 Å². The zero-order chi connectivity index (χ0) is 22.9. The highest BCUT2D eigenvalue weighted by atomic mass is 35.5. The van der Waals surface area contributed by atoms with E-state index in [1.165, 1.54) is 16.4 Å². The molecule has 3 aromatic rings. The van der Waals surface area contributed by atoms with Crippen molar-refractivity contribution >= 4 is 38.6 Å². The SMILES string of the molecule is CCN(CC)S(=O)(=O)c1cc(C(=O)N2CCC[C@H](c3nc4ccccc4[nH]3)C2)ccc1Cl. The van der Waals surface area contributed by atoms with Crippen LogP contribution >= 0.6 is 11.6 Å². The van der Waals surface area contributed by atoms with Gasteiger partial charge in [0.15, 0.2) is 0 Å². The van der Waals surface area contributed by atoms with Crippen molar-refractivity contribution in [1.29, 1.82) is 0 Å².